The van der Waals surface area contributed by atoms with E-state index in [9.17, 15) is 9.59 Å². The van der Waals surface area contributed by atoms with Gasteiger partial charge in [-0.25, -0.2) is 0 Å². The molecule has 2 aliphatic carbocycles. The highest BCUT2D eigenvalue weighted by Crippen LogP contribution is 2.33. The highest BCUT2D eigenvalue weighted by molar-refractivity contribution is 5.96. The Morgan fingerprint density at radius 3 is 2.06 bits per heavy atom. The molecule has 1 unspecified atom stereocenters. The molecule has 1 aromatic rings. The van der Waals surface area contributed by atoms with E-state index in [1.54, 1.807) is 13.0 Å². The van der Waals surface area contributed by atoms with Crippen molar-refractivity contribution in [3.63, 3.8) is 0 Å². The second-order valence-electron chi connectivity index (χ2n) is 10.9. The van der Waals surface area contributed by atoms with E-state index < -0.39 is 0 Å². The van der Waals surface area contributed by atoms with Gasteiger partial charge >= 0.3 is 0 Å². The number of nitrogens with two attached hydrogens (primary N) is 1. The smallest absolute Gasteiger partial charge is 0.158 e. The van der Waals surface area contributed by atoms with Crippen molar-refractivity contribution in [2.75, 3.05) is 6.54 Å². The molecule has 1 atom stereocenters. The highest BCUT2D eigenvalue weighted by Gasteiger charge is 2.27. The van der Waals surface area contributed by atoms with E-state index in [1.165, 1.54) is 83.1 Å². The summed E-state index contributed by atoms with van der Waals surface area (Å²) in [6.07, 6.45) is 20.8. The quantitative estimate of drug-likeness (QED) is 0.233. The molecule has 2 saturated carbocycles. The molecule has 0 spiro atoms. The average molecular weight is 496 g/mol. The fourth-order valence-corrected chi connectivity index (χ4v) is 4.19. The van der Waals surface area contributed by atoms with Crippen LogP contribution in [-0.2, 0) is 9.59 Å². The molecule has 0 aromatic heterocycles. The molecule has 1 aromatic carbocycles. The molecule has 3 nitrogen and oxygen atoms in total. The monoisotopic (exact) mass is 495 g/mol. The van der Waals surface area contributed by atoms with E-state index in [4.69, 9.17) is 5.73 Å². The van der Waals surface area contributed by atoms with Crippen LogP contribution in [0.15, 0.2) is 42.5 Å². The molecule has 3 heteroatoms. The predicted molar refractivity (Wildman–Crippen MR) is 156 cm³/mol. The van der Waals surface area contributed by atoms with Crippen LogP contribution in [0.1, 0.15) is 128 Å². The van der Waals surface area contributed by atoms with E-state index >= 15 is 0 Å². The minimum Gasteiger partial charge on any atom is -0.330 e. The number of carbonyl (C=O) groups excluding carboxylic acids is 2. The van der Waals surface area contributed by atoms with Crippen molar-refractivity contribution in [1.29, 1.82) is 0 Å². The van der Waals surface area contributed by atoms with Gasteiger partial charge in [-0.2, -0.15) is 0 Å². The highest BCUT2D eigenvalue weighted by atomic mass is 16.1. The molecule has 0 heterocycles. The molecule has 0 bridgehead atoms. The first-order valence-corrected chi connectivity index (χ1v) is 14.5. The number of rotatable bonds is 12. The lowest BCUT2D eigenvalue weighted by Crippen LogP contribution is -2.04. The maximum absolute atomic E-state index is 11.6. The van der Waals surface area contributed by atoms with Crippen molar-refractivity contribution in [3.05, 3.63) is 53.6 Å². The van der Waals surface area contributed by atoms with Gasteiger partial charge in [-0.05, 0) is 87.1 Å². The zero-order chi connectivity index (χ0) is 26.8. The molecule has 0 aliphatic heterocycles. The van der Waals surface area contributed by atoms with Gasteiger partial charge < -0.3 is 5.73 Å². The molecular weight excluding hydrogens is 442 g/mol. The SMILES string of the molecule is C=C(C)C(C)=O.CCC(C)CCCCCCN.O=C(/C=C/c1ccc(C2CCCCC2)cc1)C1CC1. The van der Waals surface area contributed by atoms with Crippen LogP contribution in [0.4, 0.5) is 0 Å². The first-order valence-electron chi connectivity index (χ1n) is 14.5. The number of carbonyl (C=O) groups is 2. The Morgan fingerprint density at radius 2 is 1.56 bits per heavy atom. The van der Waals surface area contributed by atoms with Gasteiger partial charge in [0.15, 0.2) is 11.6 Å². The van der Waals surface area contributed by atoms with E-state index in [-0.39, 0.29) is 5.78 Å². The lowest BCUT2D eigenvalue weighted by molar-refractivity contribution is -0.115. The van der Waals surface area contributed by atoms with Crippen LogP contribution in [0.3, 0.4) is 0 Å². The molecule has 2 fully saturated rings. The summed E-state index contributed by atoms with van der Waals surface area (Å²) >= 11 is 0. The Bertz CT molecular complexity index is 770. The van der Waals surface area contributed by atoms with Crippen LogP contribution in [-0.4, -0.2) is 18.1 Å². The van der Waals surface area contributed by atoms with Gasteiger partial charge in [0.05, 0.1) is 0 Å². The summed E-state index contributed by atoms with van der Waals surface area (Å²) in [6.45, 7) is 12.1. The molecule has 3 rings (SSSR count). The fraction of sp³-hybridized carbons (Fsp3) is 0.636. The number of allylic oxidation sites excluding steroid dienone is 2. The van der Waals surface area contributed by atoms with Gasteiger partial charge in [-0.15, -0.1) is 0 Å². The summed E-state index contributed by atoms with van der Waals surface area (Å²) in [7, 11) is 0. The number of hydrogen-bond acceptors (Lipinski definition) is 3. The van der Waals surface area contributed by atoms with Gasteiger partial charge in [0.1, 0.15) is 0 Å². The predicted octanol–water partition coefficient (Wildman–Crippen LogP) is 8.82. The Morgan fingerprint density at radius 1 is 0.972 bits per heavy atom. The third kappa shape index (κ3) is 15.2. The van der Waals surface area contributed by atoms with Crippen LogP contribution < -0.4 is 5.73 Å². The lowest BCUT2D eigenvalue weighted by atomic mass is 9.84. The molecule has 2 aliphatic rings. The number of unbranched alkanes of at least 4 members (excludes halogenated alkanes) is 3. The zero-order valence-corrected chi connectivity index (χ0v) is 23.7. The minimum absolute atomic E-state index is 0.0648. The maximum atomic E-state index is 11.6. The van der Waals surface area contributed by atoms with E-state index in [2.05, 4.69) is 44.7 Å². The van der Waals surface area contributed by atoms with Crippen LogP contribution in [0.2, 0.25) is 0 Å². The van der Waals surface area contributed by atoms with Gasteiger partial charge in [0.25, 0.3) is 0 Å². The maximum Gasteiger partial charge on any atom is 0.158 e. The zero-order valence-electron chi connectivity index (χ0n) is 23.7. The van der Waals surface area contributed by atoms with E-state index in [0.29, 0.717) is 17.3 Å². The number of Topliss-reactive ketones (excluding diaryl/α,β-unsaturated/α-hetero) is 1. The molecule has 0 amide bonds. The van der Waals surface area contributed by atoms with Crippen molar-refractivity contribution < 1.29 is 9.59 Å². The van der Waals surface area contributed by atoms with Crippen molar-refractivity contribution >= 4 is 17.6 Å². The summed E-state index contributed by atoms with van der Waals surface area (Å²) in [5.74, 6) is 2.39. The summed E-state index contributed by atoms with van der Waals surface area (Å²) in [6, 6.07) is 8.80. The van der Waals surface area contributed by atoms with Crippen molar-refractivity contribution in [3.8, 4) is 0 Å². The van der Waals surface area contributed by atoms with E-state index in [1.807, 2.05) is 6.08 Å². The fourth-order valence-electron chi connectivity index (χ4n) is 4.19. The van der Waals surface area contributed by atoms with Crippen LogP contribution >= 0.6 is 0 Å². The molecule has 36 heavy (non-hydrogen) atoms. The van der Waals surface area contributed by atoms with Gasteiger partial charge in [-0.3, -0.25) is 9.59 Å². The summed E-state index contributed by atoms with van der Waals surface area (Å²) < 4.78 is 0. The normalized spacial score (nSPS) is 16.4. The first kappa shape index (κ1) is 32.0. The lowest BCUT2D eigenvalue weighted by Gasteiger charge is -2.21. The molecule has 2 N–H and O–H groups in total. The number of hydrogen-bond donors (Lipinski definition) is 1. The van der Waals surface area contributed by atoms with Crippen LogP contribution in [0, 0.1) is 11.8 Å². The standard InChI is InChI=1S/C18H22O.C10H23N.C5H8O/c19-18(17-11-12-17)13-8-14-6-9-16(10-7-14)15-4-2-1-3-5-15;1-3-10(2)8-6-4-5-7-9-11;1-4(2)5(3)6/h6-10,13,15,17H,1-5,11-12H2;10H,3-9,11H2,1-2H3;1H2,2-3H3/b13-8+;;. The Hall–Kier alpha value is -2.00. The Balaban J connectivity index is 0.000000324. The number of benzene rings is 1. The molecule has 0 saturated heterocycles. The number of ketones is 2. The van der Waals surface area contributed by atoms with Gasteiger partial charge in [0, 0.05) is 5.92 Å². The topological polar surface area (TPSA) is 60.2 Å². The summed E-state index contributed by atoms with van der Waals surface area (Å²) in [4.78, 5) is 21.7. The summed E-state index contributed by atoms with van der Waals surface area (Å²) in [5, 5.41) is 0. The van der Waals surface area contributed by atoms with E-state index in [0.717, 1.165) is 36.8 Å². The third-order valence-electron chi connectivity index (χ3n) is 7.38. The Kier molecular flexibility index (Phi) is 17.0. The second kappa shape index (κ2) is 19.2. The average Bonchev–Trinajstić information content (AvgIpc) is 3.74. The molecule has 202 valence electrons. The molecule has 0 radical (unpaired) electrons. The van der Waals surface area contributed by atoms with Crippen LogP contribution in [0.25, 0.3) is 6.08 Å². The van der Waals surface area contributed by atoms with Crippen molar-refractivity contribution in [2.45, 2.75) is 117 Å². The minimum atomic E-state index is 0.0648. The van der Waals surface area contributed by atoms with Gasteiger partial charge in [-0.1, -0.05) is 102 Å². The van der Waals surface area contributed by atoms with Crippen molar-refractivity contribution in [2.24, 2.45) is 17.6 Å². The third-order valence-corrected chi connectivity index (χ3v) is 7.38. The summed E-state index contributed by atoms with van der Waals surface area (Å²) in [5.41, 5.74) is 8.64. The molecular formula is C33H53NO2. The van der Waals surface area contributed by atoms with Gasteiger partial charge in [0.2, 0.25) is 0 Å². The van der Waals surface area contributed by atoms with Crippen LogP contribution in [0.5, 0.6) is 0 Å². The Labute approximate surface area is 222 Å². The first-order chi connectivity index (χ1) is 17.3. The largest absolute Gasteiger partial charge is 0.330 e. The van der Waals surface area contributed by atoms with Crippen molar-refractivity contribution in [1.82, 2.24) is 0 Å². The second-order valence-corrected chi connectivity index (χ2v) is 10.9.